The molecule has 1 amide bonds. The second kappa shape index (κ2) is 8.83. The topological polar surface area (TPSA) is 80.9 Å². The van der Waals surface area contributed by atoms with E-state index in [2.05, 4.69) is 55.6 Å². The Balaban J connectivity index is 1.26. The number of nitrogens with one attached hydrogen (secondary N) is 1. The maximum atomic E-state index is 12.4. The minimum Gasteiger partial charge on any atom is -0.457 e. The Morgan fingerprint density at radius 3 is 2.41 bits per heavy atom. The largest absolute Gasteiger partial charge is 0.457 e. The Kier molecular flexibility index (Phi) is 5.95. The fraction of sp³-hybridized carbons (Fsp3) is 0.269. The molecule has 1 aliphatic rings. The molecule has 2 atom stereocenters. The summed E-state index contributed by atoms with van der Waals surface area (Å²) < 4.78 is 10.2. The van der Waals surface area contributed by atoms with Crippen LogP contribution in [0.3, 0.4) is 0 Å². The predicted octanol–water partition coefficient (Wildman–Crippen LogP) is 5.05. The van der Waals surface area contributed by atoms with Crippen LogP contribution < -0.4 is 10.2 Å². The third-order valence-electron chi connectivity index (χ3n) is 5.53. The monoisotopic (exact) mass is 430 g/mol. The van der Waals surface area contributed by atoms with E-state index in [1.807, 2.05) is 0 Å². The number of amides is 1. The van der Waals surface area contributed by atoms with Crippen LogP contribution in [0, 0.1) is 5.92 Å². The number of rotatable bonds is 6. The third-order valence-corrected chi connectivity index (χ3v) is 5.53. The summed E-state index contributed by atoms with van der Waals surface area (Å²) in [6, 6.07) is 18.5. The van der Waals surface area contributed by atoms with Gasteiger partial charge in [-0.15, -0.1) is 0 Å². The minimum atomic E-state index is -0.560. The molecule has 0 aliphatic heterocycles. The lowest BCUT2D eigenvalue weighted by Gasteiger charge is -2.19. The molecule has 0 saturated heterocycles. The highest BCUT2D eigenvalue weighted by Gasteiger charge is 2.44. The lowest BCUT2D eigenvalue weighted by molar-refractivity contribution is -0.122. The smallest absolute Gasteiger partial charge is 0.379 e. The first-order valence-electron chi connectivity index (χ1n) is 10.6. The van der Waals surface area contributed by atoms with E-state index < -0.39 is 5.97 Å². The van der Waals surface area contributed by atoms with Gasteiger partial charge in [-0.05, 0) is 70.8 Å². The fourth-order valence-corrected chi connectivity index (χ4v) is 3.51. The Morgan fingerprint density at radius 2 is 1.78 bits per heavy atom. The quantitative estimate of drug-likeness (QED) is 0.257. The van der Waals surface area contributed by atoms with Crippen molar-refractivity contribution in [3.05, 3.63) is 89.4 Å². The van der Waals surface area contributed by atoms with Crippen LogP contribution in [0.4, 0.5) is 0 Å². The molecule has 1 N–H and O–H groups in total. The number of carbonyl (C=O) groups is 2. The average Bonchev–Trinajstić information content (AvgIpc) is 3.38. The van der Waals surface area contributed by atoms with E-state index in [1.165, 1.54) is 23.5 Å². The standard InChI is InChI=1S/C26H26N2O4/c1-26(2,3)19-10-8-18(9-11-19)21-15-22(21)24(29)28-27-16-17-6-12-20(13-7-17)32-25(30)23-5-4-14-31-23/h4-14,16,21-22H,15H2,1-3H3,(H,28,29). The zero-order valence-electron chi connectivity index (χ0n) is 18.4. The number of hydrazone groups is 1. The van der Waals surface area contributed by atoms with Crippen molar-refractivity contribution in [2.75, 3.05) is 0 Å². The van der Waals surface area contributed by atoms with Crippen LogP contribution in [0.5, 0.6) is 5.75 Å². The van der Waals surface area contributed by atoms with Crippen molar-refractivity contribution >= 4 is 18.1 Å². The molecule has 164 valence electrons. The first kappa shape index (κ1) is 21.6. The van der Waals surface area contributed by atoms with Crippen molar-refractivity contribution in [2.24, 2.45) is 11.0 Å². The van der Waals surface area contributed by atoms with Crippen LogP contribution in [-0.2, 0) is 10.2 Å². The van der Waals surface area contributed by atoms with E-state index in [-0.39, 0.29) is 28.9 Å². The van der Waals surface area contributed by atoms with Crippen LogP contribution in [0.1, 0.15) is 60.4 Å². The molecule has 1 saturated carbocycles. The van der Waals surface area contributed by atoms with Gasteiger partial charge < -0.3 is 9.15 Å². The summed E-state index contributed by atoms with van der Waals surface area (Å²) in [6.45, 7) is 6.57. The highest BCUT2D eigenvalue weighted by molar-refractivity contribution is 5.88. The van der Waals surface area contributed by atoms with Gasteiger partial charge in [0.2, 0.25) is 11.7 Å². The van der Waals surface area contributed by atoms with E-state index >= 15 is 0 Å². The van der Waals surface area contributed by atoms with Gasteiger partial charge in [-0.2, -0.15) is 5.10 Å². The van der Waals surface area contributed by atoms with Crippen molar-refractivity contribution in [3.63, 3.8) is 0 Å². The zero-order chi connectivity index (χ0) is 22.7. The molecular formula is C26H26N2O4. The lowest BCUT2D eigenvalue weighted by atomic mass is 9.86. The van der Waals surface area contributed by atoms with Crippen LogP contribution >= 0.6 is 0 Å². The number of esters is 1. The molecular weight excluding hydrogens is 404 g/mol. The Hall–Kier alpha value is -3.67. The molecule has 4 rings (SSSR count). The predicted molar refractivity (Wildman–Crippen MR) is 122 cm³/mol. The van der Waals surface area contributed by atoms with Gasteiger partial charge in [0.05, 0.1) is 12.5 Å². The molecule has 6 nitrogen and oxygen atoms in total. The summed E-state index contributed by atoms with van der Waals surface area (Å²) >= 11 is 0. The maximum Gasteiger partial charge on any atom is 0.379 e. The molecule has 0 bridgehead atoms. The minimum absolute atomic E-state index is 0.0453. The van der Waals surface area contributed by atoms with Gasteiger partial charge in [0.25, 0.3) is 0 Å². The van der Waals surface area contributed by atoms with Crippen LogP contribution in [0.2, 0.25) is 0 Å². The molecule has 32 heavy (non-hydrogen) atoms. The summed E-state index contributed by atoms with van der Waals surface area (Å²) in [7, 11) is 0. The number of furan rings is 1. The van der Waals surface area contributed by atoms with Gasteiger partial charge in [-0.3, -0.25) is 4.79 Å². The number of hydrogen-bond donors (Lipinski definition) is 1. The van der Waals surface area contributed by atoms with Gasteiger partial charge in [-0.1, -0.05) is 45.0 Å². The van der Waals surface area contributed by atoms with Crippen molar-refractivity contribution in [1.82, 2.24) is 5.43 Å². The average molecular weight is 431 g/mol. The highest BCUT2D eigenvalue weighted by atomic mass is 16.5. The number of carbonyl (C=O) groups excluding carboxylic acids is 2. The van der Waals surface area contributed by atoms with Crippen LogP contribution in [-0.4, -0.2) is 18.1 Å². The summed E-state index contributed by atoms with van der Waals surface area (Å²) in [6.07, 6.45) is 3.81. The van der Waals surface area contributed by atoms with Gasteiger partial charge in [0.1, 0.15) is 5.75 Å². The summed E-state index contributed by atoms with van der Waals surface area (Å²) in [5, 5.41) is 4.06. The van der Waals surface area contributed by atoms with Gasteiger partial charge in [0.15, 0.2) is 0 Å². The first-order valence-corrected chi connectivity index (χ1v) is 10.6. The molecule has 1 heterocycles. The molecule has 0 spiro atoms. The molecule has 1 aromatic heterocycles. The Labute approximate surface area is 187 Å². The van der Waals surface area contributed by atoms with Gasteiger partial charge >= 0.3 is 5.97 Å². The molecule has 0 radical (unpaired) electrons. The molecule has 3 aromatic rings. The molecule has 6 heteroatoms. The number of hydrogen-bond acceptors (Lipinski definition) is 5. The fourth-order valence-electron chi connectivity index (χ4n) is 3.51. The Bertz CT molecular complexity index is 1110. The number of ether oxygens (including phenoxy) is 1. The number of benzene rings is 2. The van der Waals surface area contributed by atoms with Crippen LogP contribution in [0.15, 0.2) is 76.4 Å². The normalized spacial score (nSPS) is 17.8. The van der Waals surface area contributed by atoms with E-state index in [0.29, 0.717) is 5.75 Å². The van der Waals surface area contributed by atoms with E-state index in [0.717, 1.165) is 12.0 Å². The first-order chi connectivity index (χ1) is 15.3. The van der Waals surface area contributed by atoms with Crippen LogP contribution in [0.25, 0.3) is 0 Å². The SMILES string of the molecule is CC(C)(C)c1ccc(C2CC2C(=O)NN=Cc2ccc(OC(=O)c3ccco3)cc2)cc1. The summed E-state index contributed by atoms with van der Waals surface area (Å²) in [5.41, 5.74) is 6.00. The van der Waals surface area contributed by atoms with Gasteiger partial charge in [0, 0.05) is 5.92 Å². The third kappa shape index (κ3) is 5.14. The van der Waals surface area contributed by atoms with Crippen molar-refractivity contribution < 1.29 is 18.7 Å². The van der Waals surface area contributed by atoms with E-state index in [4.69, 9.17) is 9.15 Å². The van der Waals surface area contributed by atoms with E-state index in [1.54, 1.807) is 36.5 Å². The second-order valence-corrected chi connectivity index (χ2v) is 8.99. The lowest BCUT2D eigenvalue weighted by Crippen LogP contribution is -2.20. The summed E-state index contributed by atoms with van der Waals surface area (Å²) in [4.78, 5) is 24.3. The molecule has 2 aromatic carbocycles. The van der Waals surface area contributed by atoms with Crippen molar-refractivity contribution in [3.8, 4) is 5.75 Å². The highest BCUT2D eigenvalue weighted by Crippen LogP contribution is 2.47. The summed E-state index contributed by atoms with van der Waals surface area (Å²) in [5.74, 6) is 0.108. The van der Waals surface area contributed by atoms with Crippen molar-refractivity contribution in [1.29, 1.82) is 0 Å². The Morgan fingerprint density at radius 1 is 1.06 bits per heavy atom. The molecule has 1 aliphatic carbocycles. The van der Waals surface area contributed by atoms with Gasteiger partial charge in [-0.25, -0.2) is 10.2 Å². The number of nitrogens with zero attached hydrogens (tertiary/aromatic N) is 1. The maximum absolute atomic E-state index is 12.4. The molecule has 2 unspecified atom stereocenters. The van der Waals surface area contributed by atoms with E-state index in [9.17, 15) is 9.59 Å². The molecule has 1 fully saturated rings. The second-order valence-electron chi connectivity index (χ2n) is 8.99. The van der Waals surface area contributed by atoms with Crippen molar-refractivity contribution in [2.45, 2.75) is 38.5 Å². The zero-order valence-corrected chi connectivity index (χ0v) is 18.4.